The fraction of sp³-hybridized carbons (Fsp3) is 0.529. The van der Waals surface area contributed by atoms with E-state index in [0.29, 0.717) is 6.04 Å². The van der Waals surface area contributed by atoms with E-state index in [2.05, 4.69) is 52.3 Å². The van der Waals surface area contributed by atoms with Crippen molar-refractivity contribution in [1.29, 1.82) is 0 Å². The van der Waals surface area contributed by atoms with E-state index in [1.165, 1.54) is 25.0 Å². The largest absolute Gasteiger partial charge is 0.378 e. The Bertz CT molecular complexity index is 581. The van der Waals surface area contributed by atoms with E-state index in [1.807, 2.05) is 17.1 Å². The molecule has 5 nitrogen and oxygen atoms in total. The maximum absolute atomic E-state index is 4.60. The summed E-state index contributed by atoms with van der Waals surface area (Å²) in [7, 11) is 0. The molecule has 0 atom stereocenters. The topological polar surface area (TPSA) is 46.0 Å². The maximum atomic E-state index is 4.60. The van der Waals surface area contributed by atoms with Crippen LogP contribution in [0.1, 0.15) is 44.8 Å². The fourth-order valence-electron chi connectivity index (χ4n) is 2.94. The summed E-state index contributed by atoms with van der Waals surface area (Å²) in [6.07, 6.45) is 7.69. The molecule has 0 aromatic carbocycles. The maximum Gasteiger partial charge on any atom is 0.128 e. The van der Waals surface area contributed by atoms with E-state index in [9.17, 15) is 0 Å². The Kier molecular flexibility index (Phi) is 4.61. The first-order valence-electron chi connectivity index (χ1n) is 8.21. The molecule has 1 saturated heterocycles. The van der Waals surface area contributed by atoms with E-state index < -0.39 is 0 Å². The Labute approximate surface area is 132 Å². The molecule has 0 amide bonds. The van der Waals surface area contributed by atoms with Gasteiger partial charge in [0.2, 0.25) is 0 Å². The molecule has 1 aliphatic heterocycles. The SMILES string of the molecule is CC(C)n1nccc1CNc1ccc(N2CCCCC2)nc1. The number of anilines is 2. The van der Waals surface area contributed by atoms with Gasteiger partial charge in [0, 0.05) is 25.3 Å². The molecule has 0 bridgehead atoms. The molecule has 1 aliphatic rings. The summed E-state index contributed by atoms with van der Waals surface area (Å²) in [4.78, 5) is 6.98. The lowest BCUT2D eigenvalue weighted by atomic mass is 10.1. The molecule has 3 rings (SSSR count). The number of nitrogens with zero attached hydrogens (tertiary/aromatic N) is 4. The van der Waals surface area contributed by atoms with Gasteiger partial charge in [-0.05, 0) is 51.3 Å². The molecule has 0 aliphatic carbocycles. The number of hydrogen-bond donors (Lipinski definition) is 1. The third-order valence-corrected chi connectivity index (χ3v) is 4.14. The lowest BCUT2D eigenvalue weighted by Crippen LogP contribution is -2.30. The molecule has 2 aromatic rings. The van der Waals surface area contributed by atoms with Gasteiger partial charge < -0.3 is 10.2 Å². The molecular formula is C17H25N5. The first-order valence-corrected chi connectivity index (χ1v) is 8.21. The Balaban J connectivity index is 1.60. The minimum Gasteiger partial charge on any atom is -0.378 e. The van der Waals surface area contributed by atoms with Crippen LogP contribution in [0.25, 0.3) is 0 Å². The molecule has 1 N–H and O–H groups in total. The van der Waals surface area contributed by atoms with Crippen molar-refractivity contribution in [2.75, 3.05) is 23.3 Å². The highest BCUT2D eigenvalue weighted by atomic mass is 15.3. The smallest absolute Gasteiger partial charge is 0.128 e. The minimum absolute atomic E-state index is 0.381. The quantitative estimate of drug-likeness (QED) is 0.918. The number of nitrogens with one attached hydrogen (secondary N) is 1. The molecule has 2 aromatic heterocycles. The molecule has 22 heavy (non-hydrogen) atoms. The van der Waals surface area contributed by atoms with Gasteiger partial charge in [-0.1, -0.05) is 0 Å². The summed E-state index contributed by atoms with van der Waals surface area (Å²) in [5.74, 6) is 1.09. The van der Waals surface area contributed by atoms with E-state index in [4.69, 9.17) is 0 Å². The van der Waals surface area contributed by atoms with E-state index in [1.54, 1.807) is 0 Å². The van der Waals surface area contributed by atoms with Crippen LogP contribution in [0.4, 0.5) is 11.5 Å². The average Bonchev–Trinajstić information content (AvgIpc) is 3.03. The molecule has 118 valence electrons. The molecule has 0 spiro atoms. The summed E-state index contributed by atoms with van der Waals surface area (Å²) >= 11 is 0. The third-order valence-electron chi connectivity index (χ3n) is 4.14. The molecule has 3 heterocycles. The lowest BCUT2D eigenvalue weighted by Gasteiger charge is -2.27. The first kappa shape index (κ1) is 14.9. The van der Waals surface area contributed by atoms with Gasteiger partial charge in [-0.15, -0.1) is 0 Å². The fourth-order valence-corrected chi connectivity index (χ4v) is 2.94. The molecule has 0 saturated carbocycles. The van der Waals surface area contributed by atoms with Crippen molar-refractivity contribution in [3.05, 3.63) is 36.3 Å². The second-order valence-electron chi connectivity index (χ2n) is 6.17. The van der Waals surface area contributed by atoms with E-state index in [-0.39, 0.29) is 0 Å². The zero-order valence-electron chi connectivity index (χ0n) is 13.5. The van der Waals surface area contributed by atoms with Gasteiger partial charge in [0.15, 0.2) is 0 Å². The summed E-state index contributed by atoms with van der Waals surface area (Å²) < 4.78 is 2.04. The zero-order valence-corrected chi connectivity index (χ0v) is 13.5. The van der Waals surface area contributed by atoms with E-state index in [0.717, 1.165) is 31.1 Å². The monoisotopic (exact) mass is 299 g/mol. The van der Waals surface area contributed by atoms with Crippen LogP contribution in [0.3, 0.4) is 0 Å². The number of hydrogen-bond acceptors (Lipinski definition) is 4. The van der Waals surface area contributed by atoms with Gasteiger partial charge in [0.1, 0.15) is 5.82 Å². The number of piperidine rings is 1. The van der Waals surface area contributed by atoms with Crippen molar-refractivity contribution in [3.63, 3.8) is 0 Å². The van der Waals surface area contributed by atoms with Crippen molar-refractivity contribution in [2.45, 2.75) is 45.7 Å². The highest BCUT2D eigenvalue weighted by molar-refractivity contribution is 5.48. The van der Waals surface area contributed by atoms with Gasteiger partial charge in [-0.3, -0.25) is 4.68 Å². The van der Waals surface area contributed by atoms with Crippen LogP contribution in [-0.2, 0) is 6.54 Å². The van der Waals surface area contributed by atoms with Crippen molar-refractivity contribution < 1.29 is 0 Å². The Morgan fingerprint density at radius 2 is 1.95 bits per heavy atom. The first-order chi connectivity index (χ1) is 10.7. The second-order valence-corrected chi connectivity index (χ2v) is 6.17. The predicted octanol–water partition coefficient (Wildman–Crippen LogP) is 3.46. The zero-order chi connectivity index (χ0) is 15.4. The lowest BCUT2D eigenvalue weighted by molar-refractivity contribution is 0.512. The molecule has 1 fully saturated rings. The minimum atomic E-state index is 0.381. The van der Waals surface area contributed by atoms with Gasteiger partial charge in [0.05, 0.1) is 24.1 Å². The van der Waals surface area contributed by atoms with Crippen molar-refractivity contribution in [2.24, 2.45) is 0 Å². The van der Waals surface area contributed by atoms with Gasteiger partial charge >= 0.3 is 0 Å². The van der Waals surface area contributed by atoms with Crippen molar-refractivity contribution >= 4 is 11.5 Å². The predicted molar refractivity (Wildman–Crippen MR) is 90.2 cm³/mol. The average molecular weight is 299 g/mol. The van der Waals surface area contributed by atoms with Crippen LogP contribution < -0.4 is 10.2 Å². The van der Waals surface area contributed by atoms with Gasteiger partial charge in [-0.2, -0.15) is 5.10 Å². The van der Waals surface area contributed by atoms with Crippen LogP contribution in [-0.4, -0.2) is 27.9 Å². The van der Waals surface area contributed by atoms with E-state index >= 15 is 0 Å². The highest BCUT2D eigenvalue weighted by Gasteiger charge is 2.11. The van der Waals surface area contributed by atoms with Crippen LogP contribution in [0.5, 0.6) is 0 Å². The second kappa shape index (κ2) is 6.81. The molecule has 0 radical (unpaired) electrons. The summed E-state index contributed by atoms with van der Waals surface area (Å²) in [6, 6.07) is 6.68. The normalized spacial score (nSPS) is 15.3. The summed E-state index contributed by atoms with van der Waals surface area (Å²) in [6.45, 7) is 7.32. The molecule has 5 heteroatoms. The van der Waals surface area contributed by atoms with Gasteiger partial charge in [0.25, 0.3) is 0 Å². The molecular weight excluding hydrogens is 274 g/mol. The molecule has 0 unspecified atom stereocenters. The Hall–Kier alpha value is -2.04. The Morgan fingerprint density at radius 3 is 2.64 bits per heavy atom. The number of pyridine rings is 1. The van der Waals surface area contributed by atoms with Crippen LogP contribution >= 0.6 is 0 Å². The number of rotatable bonds is 5. The third kappa shape index (κ3) is 3.40. The number of aromatic nitrogens is 3. The van der Waals surface area contributed by atoms with Crippen molar-refractivity contribution in [1.82, 2.24) is 14.8 Å². The van der Waals surface area contributed by atoms with Crippen molar-refractivity contribution in [3.8, 4) is 0 Å². The van der Waals surface area contributed by atoms with Gasteiger partial charge in [-0.25, -0.2) is 4.98 Å². The highest BCUT2D eigenvalue weighted by Crippen LogP contribution is 2.19. The Morgan fingerprint density at radius 1 is 1.14 bits per heavy atom. The van der Waals surface area contributed by atoms with Crippen LogP contribution in [0.15, 0.2) is 30.6 Å². The standard InChI is InChI=1S/C17H25N5/c1-14(2)22-16(8-9-20-22)13-18-15-6-7-17(19-12-15)21-10-4-3-5-11-21/h6-9,12,14,18H,3-5,10-11,13H2,1-2H3. The summed E-state index contributed by atoms with van der Waals surface area (Å²) in [5, 5.41) is 7.79. The summed E-state index contributed by atoms with van der Waals surface area (Å²) in [5.41, 5.74) is 2.24. The van der Waals surface area contributed by atoms with Crippen LogP contribution in [0, 0.1) is 0 Å². The van der Waals surface area contributed by atoms with Crippen LogP contribution in [0.2, 0.25) is 0 Å².